The highest BCUT2D eigenvalue weighted by Gasteiger charge is 2.09. The van der Waals surface area contributed by atoms with E-state index in [0.717, 1.165) is 4.47 Å². The molecule has 3 rings (SSSR count). The number of halogens is 2. The molecule has 0 aliphatic carbocycles. The highest BCUT2D eigenvalue weighted by molar-refractivity contribution is 9.10. The van der Waals surface area contributed by atoms with Gasteiger partial charge in [0, 0.05) is 23.1 Å². The zero-order chi connectivity index (χ0) is 16.4. The van der Waals surface area contributed by atoms with Crippen molar-refractivity contribution < 1.29 is 9.18 Å². The molecule has 7 heteroatoms. The number of hydrogen-bond acceptors (Lipinski definition) is 2. The Morgan fingerprint density at radius 1 is 1.22 bits per heavy atom. The second-order valence-electron chi connectivity index (χ2n) is 5.01. The third-order valence-corrected chi connectivity index (χ3v) is 3.99. The van der Waals surface area contributed by atoms with E-state index in [1.807, 2.05) is 0 Å². The van der Waals surface area contributed by atoms with Crippen molar-refractivity contribution in [2.45, 2.75) is 6.54 Å². The fourth-order valence-electron chi connectivity index (χ4n) is 2.34. The van der Waals surface area contributed by atoms with Crippen molar-refractivity contribution in [1.29, 1.82) is 0 Å². The number of fused-ring (bicyclic) bond motifs is 1. The van der Waals surface area contributed by atoms with Crippen LogP contribution in [0.15, 0.2) is 51.7 Å². The maximum absolute atomic E-state index is 13.2. The summed E-state index contributed by atoms with van der Waals surface area (Å²) in [6, 6.07) is 11.1. The van der Waals surface area contributed by atoms with E-state index in [4.69, 9.17) is 0 Å². The van der Waals surface area contributed by atoms with Crippen LogP contribution in [0.4, 0.5) is 4.39 Å². The molecule has 23 heavy (non-hydrogen) atoms. The van der Waals surface area contributed by atoms with Gasteiger partial charge in [-0.25, -0.2) is 9.18 Å². The van der Waals surface area contributed by atoms with E-state index >= 15 is 0 Å². The second kappa shape index (κ2) is 6.37. The zero-order valence-electron chi connectivity index (χ0n) is 12.0. The lowest BCUT2D eigenvalue weighted by Crippen LogP contribution is -2.30. The fourth-order valence-corrected chi connectivity index (χ4v) is 2.61. The van der Waals surface area contributed by atoms with Gasteiger partial charge < -0.3 is 10.3 Å². The summed E-state index contributed by atoms with van der Waals surface area (Å²) >= 11 is 3.31. The molecule has 0 saturated heterocycles. The number of H-pyrrole nitrogens is 1. The topological polar surface area (TPSA) is 66.9 Å². The normalized spacial score (nSPS) is 10.9. The molecule has 0 aliphatic rings. The van der Waals surface area contributed by atoms with Crippen LogP contribution >= 0.6 is 15.9 Å². The van der Waals surface area contributed by atoms with Crippen LogP contribution in [-0.2, 0) is 6.54 Å². The standard InChI is InChI=1S/C16H13BrFN3O2/c17-11-3-1-10(2-4-11)15(22)19-7-8-21-14-6-5-12(18)9-13(14)20-16(21)23/h1-6,9H,7-8H2,(H,19,22)(H,20,23). The van der Waals surface area contributed by atoms with Gasteiger partial charge in [0.1, 0.15) is 5.82 Å². The van der Waals surface area contributed by atoms with Gasteiger partial charge in [-0.3, -0.25) is 9.36 Å². The average molecular weight is 378 g/mol. The summed E-state index contributed by atoms with van der Waals surface area (Å²) in [7, 11) is 0. The summed E-state index contributed by atoms with van der Waals surface area (Å²) in [4.78, 5) is 26.5. The molecular weight excluding hydrogens is 365 g/mol. The lowest BCUT2D eigenvalue weighted by atomic mass is 10.2. The summed E-state index contributed by atoms with van der Waals surface area (Å²) in [5.41, 5.74) is 1.26. The Morgan fingerprint density at radius 2 is 1.96 bits per heavy atom. The lowest BCUT2D eigenvalue weighted by molar-refractivity contribution is 0.0952. The maximum atomic E-state index is 13.2. The van der Waals surface area contributed by atoms with Crippen molar-refractivity contribution >= 4 is 32.9 Å². The molecule has 0 spiro atoms. The monoisotopic (exact) mass is 377 g/mol. The number of nitrogens with zero attached hydrogens (tertiary/aromatic N) is 1. The number of hydrogen-bond donors (Lipinski definition) is 2. The number of aromatic nitrogens is 2. The van der Waals surface area contributed by atoms with Crippen molar-refractivity contribution in [2.75, 3.05) is 6.54 Å². The smallest absolute Gasteiger partial charge is 0.326 e. The largest absolute Gasteiger partial charge is 0.350 e. The Balaban J connectivity index is 1.69. The highest BCUT2D eigenvalue weighted by Crippen LogP contribution is 2.12. The molecule has 0 unspecified atom stereocenters. The van der Waals surface area contributed by atoms with Gasteiger partial charge in [0.25, 0.3) is 5.91 Å². The van der Waals surface area contributed by atoms with E-state index in [1.165, 1.54) is 16.7 Å². The van der Waals surface area contributed by atoms with Crippen molar-refractivity contribution in [3.8, 4) is 0 Å². The van der Waals surface area contributed by atoms with E-state index in [-0.39, 0.29) is 11.6 Å². The van der Waals surface area contributed by atoms with E-state index < -0.39 is 5.82 Å². The molecule has 1 aromatic heterocycles. The Morgan fingerprint density at radius 3 is 2.70 bits per heavy atom. The fraction of sp³-hybridized carbons (Fsp3) is 0.125. The summed E-state index contributed by atoms with van der Waals surface area (Å²) in [5.74, 6) is -0.620. The molecule has 0 atom stereocenters. The minimum atomic E-state index is -0.408. The lowest BCUT2D eigenvalue weighted by Gasteiger charge is -2.06. The van der Waals surface area contributed by atoms with E-state index in [2.05, 4.69) is 26.2 Å². The first-order chi connectivity index (χ1) is 11.0. The Bertz CT molecular complexity index is 915. The predicted octanol–water partition coefficient (Wildman–Crippen LogP) is 2.66. The van der Waals surface area contributed by atoms with Crippen LogP contribution in [0.3, 0.4) is 0 Å². The summed E-state index contributed by atoms with van der Waals surface area (Å²) in [5, 5.41) is 2.76. The first kappa shape index (κ1) is 15.5. The van der Waals surface area contributed by atoms with E-state index in [9.17, 15) is 14.0 Å². The molecule has 0 aliphatic heterocycles. The third-order valence-electron chi connectivity index (χ3n) is 3.46. The maximum Gasteiger partial charge on any atom is 0.326 e. The average Bonchev–Trinajstić information content (AvgIpc) is 2.83. The zero-order valence-corrected chi connectivity index (χ0v) is 13.6. The van der Waals surface area contributed by atoms with Crippen LogP contribution in [-0.4, -0.2) is 22.0 Å². The van der Waals surface area contributed by atoms with Crippen molar-refractivity contribution in [1.82, 2.24) is 14.9 Å². The molecule has 1 heterocycles. The second-order valence-corrected chi connectivity index (χ2v) is 5.92. The van der Waals surface area contributed by atoms with Gasteiger partial charge in [0.2, 0.25) is 0 Å². The number of carbonyl (C=O) groups excluding carboxylic acids is 1. The van der Waals surface area contributed by atoms with Crippen LogP contribution < -0.4 is 11.0 Å². The van der Waals surface area contributed by atoms with Gasteiger partial charge in [-0.1, -0.05) is 15.9 Å². The first-order valence-electron chi connectivity index (χ1n) is 6.96. The molecule has 5 nitrogen and oxygen atoms in total. The predicted molar refractivity (Wildman–Crippen MR) is 89.0 cm³/mol. The van der Waals surface area contributed by atoms with Gasteiger partial charge in [-0.2, -0.15) is 0 Å². The molecular formula is C16H13BrFN3O2. The minimum absolute atomic E-state index is 0.212. The molecule has 2 N–H and O–H groups in total. The van der Waals surface area contributed by atoms with Crippen LogP contribution in [0, 0.1) is 5.82 Å². The van der Waals surface area contributed by atoms with Crippen molar-refractivity contribution in [3.05, 3.63) is 68.8 Å². The molecule has 0 saturated carbocycles. The molecule has 0 fully saturated rings. The molecule has 3 aromatic rings. The van der Waals surface area contributed by atoms with Gasteiger partial charge in [0.15, 0.2) is 0 Å². The first-order valence-corrected chi connectivity index (χ1v) is 7.76. The number of imidazole rings is 1. The number of benzene rings is 2. The number of aromatic amines is 1. The van der Waals surface area contributed by atoms with Crippen molar-refractivity contribution in [3.63, 3.8) is 0 Å². The minimum Gasteiger partial charge on any atom is -0.350 e. The number of rotatable bonds is 4. The molecule has 118 valence electrons. The van der Waals surface area contributed by atoms with Gasteiger partial charge in [-0.15, -0.1) is 0 Å². The Kier molecular flexibility index (Phi) is 4.29. The molecule has 0 bridgehead atoms. The van der Waals surface area contributed by atoms with Crippen LogP contribution in [0.5, 0.6) is 0 Å². The van der Waals surface area contributed by atoms with Crippen LogP contribution in [0.25, 0.3) is 11.0 Å². The molecule has 0 radical (unpaired) electrons. The van der Waals surface area contributed by atoms with Gasteiger partial charge in [-0.05, 0) is 42.5 Å². The Labute approximate surface area is 139 Å². The van der Waals surface area contributed by atoms with E-state index in [1.54, 1.807) is 30.3 Å². The van der Waals surface area contributed by atoms with E-state index in [0.29, 0.717) is 29.7 Å². The Hall–Kier alpha value is -2.41. The number of carbonyl (C=O) groups is 1. The number of amides is 1. The quantitative estimate of drug-likeness (QED) is 0.733. The van der Waals surface area contributed by atoms with Crippen LogP contribution in [0.2, 0.25) is 0 Å². The summed E-state index contributed by atoms with van der Waals surface area (Å²) in [6.07, 6.45) is 0. The van der Waals surface area contributed by atoms with Crippen molar-refractivity contribution in [2.24, 2.45) is 0 Å². The highest BCUT2D eigenvalue weighted by atomic mass is 79.9. The summed E-state index contributed by atoms with van der Waals surface area (Å²) < 4.78 is 15.5. The molecule has 1 amide bonds. The van der Waals surface area contributed by atoms with Crippen LogP contribution in [0.1, 0.15) is 10.4 Å². The summed E-state index contributed by atoms with van der Waals surface area (Å²) in [6.45, 7) is 0.589. The van der Waals surface area contributed by atoms with Gasteiger partial charge >= 0.3 is 5.69 Å². The molecule has 2 aromatic carbocycles. The third kappa shape index (κ3) is 3.34. The number of nitrogens with one attached hydrogen (secondary N) is 2. The SMILES string of the molecule is O=C(NCCn1c(=O)[nH]c2cc(F)ccc21)c1ccc(Br)cc1. The van der Waals surface area contributed by atoms with Gasteiger partial charge in [0.05, 0.1) is 11.0 Å².